The SMILES string of the molecule is COc1ncc(C(F)(F)F)cc1NC(=O)N1CC[C@](c2ccc(C)c(F)c2)(c2ncns2)C1. The first kappa shape index (κ1) is 22.9. The van der Waals surface area contributed by atoms with Crippen LogP contribution in [0.15, 0.2) is 36.8 Å². The molecule has 2 amide bonds. The highest BCUT2D eigenvalue weighted by molar-refractivity contribution is 7.05. The van der Waals surface area contributed by atoms with E-state index in [0.29, 0.717) is 28.8 Å². The van der Waals surface area contributed by atoms with Gasteiger partial charge in [-0.25, -0.2) is 19.2 Å². The highest BCUT2D eigenvalue weighted by atomic mass is 32.1. The Morgan fingerprint density at radius 3 is 2.70 bits per heavy atom. The van der Waals surface area contributed by atoms with Gasteiger partial charge in [-0.2, -0.15) is 17.5 Å². The Kier molecular flexibility index (Phi) is 5.95. The van der Waals surface area contributed by atoms with Gasteiger partial charge in [0, 0.05) is 19.3 Å². The summed E-state index contributed by atoms with van der Waals surface area (Å²) in [5.41, 5.74) is -0.868. The minimum Gasteiger partial charge on any atom is -0.480 e. The Hall–Kier alpha value is -3.28. The minimum atomic E-state index is -4.63. The zero-order valence-corrected chi connectivity index (χ0v) is 18.4. The third kappa shape index (κ3) is 4.34. The number of aryl methyl sites for hydroxylation is 1. The van der Waals surface area contributed by atoms with E-state index in [1.54, 1.807) is 19.1 Å². The van der Waals surface area contributed by atoms with Gasteiger partial charge < -0.3 is 15.0 Å². The van der Waals surface area contributed by atoms with Gasteiger partial charge in [-0.1, -0.05) is 12.1 Å². The Bertz CT molecular complexity index is 1170. The van der Waals surface area contributed by atoms with E-state index in [4.69, 9.17) is 4.74 Å². The van der Waals surface area contributed by atoms with E-state index in [-0.39, 0.29) is 30.5 Å². The number of anilines is 1. The molecule has 0 aliphatic carbocycles. The second kappa shape index (κ2) is 8.58. The largest absolute Gasteiger partial charge is 0.480 e. The summed E-state index contributed by atoms with van der Waals surface area (Å²) in [4.78, 5) is 22.4. The molecule has 1 aliphatic heterocycles. The molecule has 1 atom stereocenters. The molecule has 1 aliphatic rings. The van der Waals surface area contributed by atoms with E-state index < -0.39 is 23.2 Å². The predicted octanol–water partition coefficient (Wildman–Crippen LogP) is 4.63. The zero-order valence-electron chi connectivity index (χ0n) is 17.6. The van der Waals surface area contributed by atoms with E-state index in [0.717, 1.165) is 17.6 Å². The number of hydrogen-bond acceptors (Lipinski definition) is 6. The molecule has 1 fully saturated rings. The lowest BCUT2D eigenvalue weighted by molar-refractivity contribution is -0.137. The first-order chi connectivity index (χ1) is 15.6. The summed E-state index contributed by atoms with van der Waals surface area (Å²) in [6, 6.07) is 5.02. The van der Waals surface area contributed by atoms with Gasteiger partial charge in [0.1, 0.15) is 22.8 Å². The van der Waals surface area contributed by atoms with Crippen molar-refractivity contribution in [3.63, 3.8) is 0 Å². The molecule has 7 nitrogen and oxygen atoms in total. The number of benzene rings is 1. The molecule has 0 bridgehead atoms. The van der Waals surface area contributed by atoms with Crippen LogP contribution >= 0.6 is 11.5 Å². The van der Waals surface area contributed by atoms with E-state index in [1.165, 1.54) is 24.4 Å². The van der Waals surface area contributed by atoms with Crippen LogP contribution in [0.4, 0.5) is 28.0 Å². The highest BCUT2D eigenvalue weighted by Crippen LogP contribution is 2.42. The molecule has 174 valence electrons. The lowest BCUT2D eigenvalue weighted by Crippen LogP contribution is -2.37. The van der Waals surface area contributed by atoms with Crippen molar-refractivity contribution in [2.75, 3.05) is 25.5 Å². The lowest BCUT2D eigenvalue weighted by atomic mass is 9.80. The summed E-state index contributed by atoms with van der Waals surface area (Å²) in [5.74, 6) is -0.523. The number of alkyl halides is 3. The maximum atomic E-state index is 14.4. The van der Waals surface area contributed by atoms with Crippen molar-refractivity contribution < 1.29 is 27.1 Å². The molecule has 1 aromatic carbocycles. The number of nitrogens with one attached hydrogen (secondary N) is 1. The molecule has 3 heterocycles. The molecule has 0 saturated carbocycles. The van der Waals surface area contributed by atoms with Crippen molar-refractivity contribution in [2.24, 2.45) is 0 Å². The Morgan fingerprint density at radius 2 is 2.06 bits per heavy atom. The molecule has 0 unspecified atom stereocenters. The van der Waals surface area contributed by atoms with Crippen molar-refractivity contribution >= 4 is 23.3 Å². The molecule has 12 heteroatoms. The molecule has 4 rings (SSSR count). The van der Waals surface area contributed by atoms with Gasteiger partial charge in [0.15, 0.2) is 0 Å². The van der Waals surface area contributed by atoms with E-state index in [2.05, 4.69) is 19.7 Å². The van der Waals surface area contributed by atoms with Gasteiger partial charge in [0.05, 0.1) is 18.1 Å². The molecule has 1 N–H and O–H groups in total. The van der Waals surface area contributed by atoms with Crippen LogP contribution in [-0.2, 0) is 11.6 Å². The van der Waals surface area contributed by atoms with Crippen molar-refractivity contribution in [3.05, 3.63) is 64.3 Å². The van der Waals surface area contributed by atoms with Crippen LogP contribution < -0.4 is 10.1 Å². The summed E-state index contributed by atoms with van der Waals surface area (Å²) < 4.78 is 62.7. The number of halogens is 4. The van der Waals surface area contributed by atoms with Gasteiger partial charge in [-0.05, 0) is 48.1 Å². The Balaban J connectivity index is 1.63. The maximum absolute atomic E-state index is 14.4. The minimum absolute atomic E-state index is 0.144. The van der Waals surface area contributed by atoms with Crippen LogP contribution in [0.25, 0.3) is 0 Å². The fourth-order valence-electron chi connectivity index (χ4n) is 3.85. The third-order valence-corrected chi connectivity index (χ3v) is 6.53. The van der Waals surface area contributed by atoms with E-state index in [1.807, 2.05) is 0 Å². The monoisotopic (exact) mass is 481 g/mol. The summed E-state index contributed by atoms with van der Waals surface area (Å²) in [6.45, 7) is 2.07. The van der Waals surface area contributed by atoms with Gasteiger partial charge in [-0.3, -0.25) is 0 Å². The summed E-state index contributed by atoms with van der Waals surface area (Å²) >= 11 is 1.16. The molecule has 2 aromatic heterocycles. The smallest absolute Gasteiger partial charge is 0.417 e. The van der Waals surface area contributed by atoms with Crippen molar-refractivity contribution in [1.29, 1.82) is 0 Å². The van der Waals surface area contributed by atoms with E-state index in [9.17, 15) is 22.4 Å². The van der Waals surface area contributed by atoms with Crippen LogP contribution in [0.5, 0.6) is 5.88 Å². The number of pyridine rings is 1. The molecule has 0 spiro atoms. The second-order valence-electron chi connectivity index (χ2n) is 7.67. The van der Waals surface area contributed by atoms with Gasteiger partial charge in [-0.15, -0.1) is 0 Å². The number of carbonyl (C=O) groups excluding carboxylic acids is 1. The number of amides is 2. The molecular weight excluding hydrogens is 462 g/mol. The van der Waals surface area contributed by atoms with Crippen molar-refractivity contribution in [2.45, 2.75) is 24.9 Å². The van der Waals surface area contributed by atoms with Crippen LogP contribution in [0.1, 0.15) is 28.1 Å². The Morgan fingerprint density at radius 1 is 1.27 bits per heavy atom. The number of hydrogen-bond donors (Lipinski definition) is 1. The molecule has 33 heavy (non-hydrogen) atoms. The van der Waals surface area contributed by atoms with E-state index >= 15 is 0 Å². The van der Waals surface area contributed by atoms with Gasteiger partial charge >= 0.3 is 12.2 Å². The van der Waals surface area contributed by atoms with Crippen LogP contribution in [0.3, 0.4) is 0 Å². The third-order valence-electron chi connectivity index (χ3n) is 5.67. The van der Waals surface area contributed by atoms with Gasteiger partial charge in [0.25, 0.3) is 0 Å². The summed E-state index contributed by atoms with van der Waals surface area (Å²) in [6.07, 6.45) is -2.16. The molecule has 1 saturated heterocycles. The average molecular weight is 481 g/mol. The average Bonchev–Trinajstić information content (AvgIpc) is 3.46. The summed E-state index contributed by atoms with van der Waals surface area (Å²) in [5, 5.41) is 3.09. The molecule has 3 aromatic rings. The Labute approximate surface area is 190 Å². The summed E-state index contributed by atoms with van der Waals surface area (Å²) in [7, 11) is 1.24. The number of rotatable bonds is 4. The second-order valence-corrected chi connectivity index (χ2v) is 8.45. The topological polar surface area (TPSA) is 80.2 Å². The number of ether oxygens (including phenoxy) is 1. The first-order valence-corrected chi connectivity index (χ1v) is 10.6. The number of aromatic nitrogens is 3. The zero-order chi connectivity index (χ0) is 23.8. The lowest BCUT2D eigenvalue weighted by Gasteiger charge is -2.28. The van der Waals surface area contributed by atoms with Crippen molar-refractivity contribution in [3.8, 4) is 5.88 Å². The van der Waals surface area contributed by atoms with Gasteiger partial charge in [0.2, 0.25) is 5.88 Å². The number of urea groups is 1. The number of nitrogens with zero attached hydrogens (tertiary/aromatic N) is 4. The molecule has 0 radical (unpaired) electrons. The molecular formula is C21H19F4N5O2S. The standard InChI is InChI=1S/C21H19F4N5O2S/c1-12-3-4-13(7-15(12)22)20(18-27-11-28-33-18)5-6-30(10-20)19(31)29-16-8-14(21(23,24)25)9-26-17(16)32-2/h3-4,7-9,11H,5-6,10H2,1-2H3,(H,29,31)/t20-/m0/s1. The van der Waals surface area contributed by atoms with Crippen LogP contribution in [0.2, 0.25) is 0 Å². The van der Waals surface area contributed by atoms with Crippen molar-refractivity contribution in [1.82, 2.24) is 19.2 Å². The first-order valence-electron chi connectivity index (χ1n) is 9.85. The van der Waals surface area contributed by atoms with Crippen LogP contribution in [0, 0.1) is 12.7 Å². The fraction of sp³-hybridized carbons (Fsp3) is 0.333. The number of carbonyl (C=O) groups is 1. The fourth-order valence-corrected chi connectivity index (χ4v) is 4.59. The quantitative estimate of drug-likeness (QED) is 0.550. The normalized spacial score (nSPS) is 18.4. The number of likely N-dealkylation sites (tertiary alicyclic amines) is 1. The highest BCUT2D eigenvalue weighted by Gasteiger charge is 2.45. The predicted molar refractivity (Wildman–Crippen MR) is 113 cm³/mol. The maximum Gasteiger partial charge on any atom is 0.417 e. The number of methoxy groups -OCH3 is 1. The van der Waals surface area contributed by atoms with Crippen LogP contribution in [-0.4, -0.2) is 45.5 Å².